The Morgan fingerprint density at radius 3 is 2.81 bits per heavy atom. The van der Waals surface area contributed by atoms with Gasteiger partial charge in [-0.05, 0) is 48.8 Å². The Kier molecular flexibility index (Phi) is 5.74. The number of nitrogens with one attached hydrogen (secondary N) is 1. The normalized spacial score (nSPS) is 23.6. The van der Waals surface area contributed by atoms with E-state index in [1.807, 2.05) is 18.3 Å². The van der Waals surface area contributed by atoms with Crippen LogP contribution in [0.3, 0.4) is 0 Å². The molecule has 4 rings (SSSR count). The Balaban J connectivity index is 1.64. The quantitative estimate of drug-likeness (QED) is 0.763. The van der Waals surface area contributed by atoms with Gasteiger partial charge >= 0.3 is 0 Å². The number of aromatic nitrogens is 2. The summed E-state index contributed by atoms with van der Waals surface area (Å²) < 4.78 is 7.74. The number of ether oxygens (including phenoxy) is 1. The molecule has 1 aliphatic heterocycles. The molecule has 2 fully saturated rings. The van der Waals surface area contributed by atoms with E-state index in [1.54, 1.807) is 7.11 Å². The van der Waals surface area contributed by atoms with E-state index in [1.165, 1.54) is 37.7 Å². The molecule has 2 aromatic rings. The molecule has 1 N–H and O–H groups in total. The van der Waals surface area contributed by atoms with Crippen molar-refractivity contribution in [3.8, 4) is 0 Å². The smallest absolute Gasteiger partial charge is 0.170 e. The highest BCUT2D eigenvalue weighted by Crippen LogP contribution is 2.39. The summed E-state index contributed by atoms with van der Waals surface area (Å²) in [6.07, 6.45) is 13.0. The molecule has 0 spiro atoms. The highest BCUT2D eigenvalue weighted by molar-refractivity contribution is 7.80. The summed E-state index contributed by atoms with van der Waals surface area (Å²) in [5.74, 6) is 0. The molecule has 5 nitrogen and oxygen atoms in total. The second-order valence-electron chi connectivity index (χ2n) is 7.50. The molecule has 0 aromatic carbocycles. The van der Waals surface area contributed by atoms with E-state index in [-0.39, 0.29) is 12.1 Å². The van der Waals surface area contributed by atoms with Crippen LogP contribution >= 0.6 is 12.2 Å². The minimum absolute atomic E-state index is 0.0535. The fraction of sp³-hybridized carbons (Fsp3) is 0.524. The molecule has 2 atom stereocenters. The number of nitrogens with zero attached hydrogens (tertiary/aromatic N) is 3. The summed E-state index contributed by atoms with van der Waals surface area (Å²) in [6, 6.07) is 9.14. The van der Waals surface area contributed by atoms with Crippen molar-refractivity contribution in [3.05, 3.63) is 54.1 Å². The van der Waals surface area contributed by atoms with Crippen LogP contribution < -0.4 is 5.32 Å². The van der Waals surface area contributed by atoms with Crippen molar-refractivity contribution in [2.75, 3.05) is 20.3 Å². The zero-order chi connectivity index (χ0) is 18.6. The Morgan fingerprint density at radius 1 is 1.22 bits per heavy atom. The van der Waals surface area contributed by atoms with Gasteiger partial charge in [-0.3, -0.25) is 4.98 Å². The van der Waals surface area contributed by atoms with E-state index >= 15 is 0 Å². The van der Waals surface area contributed by atoms with Crippen LogP contribution in [0.15, 0.2) is 42.9 Å². The van der Waals surface area contributed by atoms with Crippen LogP contribution in [-0.4, -0.2) is 39.8 Å². The fourth-order valence-corrected chi connectivity index (χ4v) is 4.74. The molecular formula is C21H28N4OS. The maximum atomic E-state index is 5.66. The first-order valence-corrected chi connectivity index (χ1v) is 10.3. The van der Waals surface area contributed by atoms with Gasteiger partial charge in [0.25, 0.3) is 0 Å². The van der Waals surface area contributed by atoms with Gasteiger partial charge in [-0.2, -0.15) is 0 Å². The van der Waals surface area contributed by atoms with Crippen molar-refractivity contribution >= 4 is 17.3 Å². The van der Waals surface area contributed by atoms with Crippen LogP contribution in [0.2, 0.25) is 0 Å². The van der Waals surface area contributed by atoms with Gasteiger partial charge in [-0.15, -0.1) is 0 Å². The molecule has 0 unspecified atom stereocenters. The minimum atomic E-state index is 0.0535. The van der Waals surface area contributed by atoms with Gasteiger partial charge in [0, 0.05) is 38.3 Å². The molecule has 1 aliphatic carbocycles. The maximum Gasteiger partial charge on any atom is 0.170 e. The predicted octanol–water partition coefficient (Wildman–Crippen LogP) is 4.01. The van der Waals surface area contributed by atoms with E-state index in [4.69, 9.17) is 17.0 Å². The number of pyridine rings is 1. The lowest BCUT2D eigenvalue weighted by molar-refractivity contribution is 0.164. The highest BCUT2D eigenvalue weighted by Gasteiger charge is 2.40. The first kappa shape index (κ1) is 18.4. The summed E-state index contributed by atoms with van der Waals surface area (Å²) in [4.78, 5) is 6.84. The van der Waals surface area contributed by atoms with Crippen molar-refractivity contribution < 1.29 is 4.74 Å². The van der Waals surface area contributed by atoms with Gasteiger partial charge in [0.05, 0.1) is 24.4 Å². The van der Waals surface area contributed by atoms with E-state index in [0.29, 0.717) is 12.6 Å². The third-order valence-electron chi connectivity index (χ3n) is 5.81. The van der Waals surface area contributed by atoms with Crippen LogP contribution in [0.1, 0.15) is 61.5 Å². The first-order chi connectivity index (χ1) is 13.3. The molecule has 1 saturated heterocycles. The predicted molar refractivity (Wildman–Crippen MR) is 111 cm³/mol. The number of hydrogen-bond donors (Lipinski definition) is 1. The molecule has 3 heterocycles. The van der Waals surface area contributed by atoms with Crippen molar-refractivity contribution in [3.63, 3.8) is 0 Å². The summed E-state index contributed by atoms with van der Waals surface area (Å²) in [7, 11) is 1.73. The number of hydrogen-bond acceptors (Lipinski definition) is 3. The van der Waals surface area contributed by atoms with E-state index in [9.17, 15) is 0 Å². The number of methoxy groups -OCH3 is 1. The number of rotatable bonds is 6. The van der Waals surface area contributed by atoms with Crippen LogP contribution in [0, 0.1) is 0 Å². The zero-order valence-corrected chi connectivity index (χ0v) is 16.7. The van der Waals surface area contributed by atoms with Crippen molar-refractivity contribution in [2.24, 2.45) is 0 Å². The molecule has 1 saturated carbocycles. The van der Waals surface area contributed by atoms with Gasteiger partial charge < -0.3 is 19.5 Å². The Labute approximate surface area is 166 Å². The molecule has 2 aliphatic rings. The van der Waals surface area contributed by atoms with Crippen LogP contribution in [0.5, 0.6) is 0 Å². The highest BCUT2D eigenvalue weighted by atomic mass is 32.1. The van der Waals surface area contributed by atoms with E-state index in [2.05, 4.69) is 44.3 Å². The molecule has 144 valence electrons. The lowest BCUT2D eigenvalue weighted by Gasteiger charge is -2.27. The summed E-state index contributed by atoms with van der Waals surface area (Å²) >= 11 is 5.66. The third-order valence-corrected chi connectivity index (χ3v) is 6.16. The molecule has 27 heavy (non-hydrogen) atoms. The van der Waals surface area contributed by atoms with Crippen LogP contribution in [0.4, 0.5) is 0 Å². The monoisotopic (exact) mass is 384 g/mol. The zero-order valence-electron chi connectivity index (χ0n) is 15.9. The van der Waals surface area contributed by atoms with Crippen molar-refractivity contribution in [2.45, 2.75) is 50.2 Å². The van der Waals surface area contributed by atoms with Gasteiger partial charge in [0.2, 0.25) is 0 Å². The summed E-state index contributed by atoms with van der Waals surface area (Å²) in [5.41, 5.74) is 2.31. The first-order valence-electron chi connectivity index (χ1n) is 9.92. The van der Waals surface area contributed by atoms with Gasteiger partial charge in [0.1, 0.15) is 0 Å². The van der Waals surface area contributed by atoms with Crippen molar-refractivity contribution in [1.82, 2.24) is 19.8 Å². The van der Waals surface area contributed by atoms with Gasteiger partial charge in [-0.25, -0.2) is 0 Å². The SMILES string of the molecule is COCCN1C(=S)N[C@@H](c2ccccn2)[C@H]1c1ccn(C2CCCCC2)c1. The Bertz CT molecular complexity index is 757. The molecule has 6 heteroatoms. The lowest BCUT2D eigenvalue weighted by Crippen LogP contribution is -2.32. The van der Waals surface area contributed by atoms with E-state index in [0.717, 1.165) is 17.4 Å². The maximum absolute atomic E-state index is 5.66. The molecule has 0 bridgehead atoms. The second kappa shape index (κ2) is 8.40. The largest absolute Gasteiger partial charge is 0.383 e. The minimum Gasteiger partial charge on any atom is -0.383 e. The fourth-order valence-electron chi connectivity index (χ4n) is 4.41. The van der Waals surface area contributed by atoms with Gasteiger partial charge in [0.15, 0.2) is 5.11 Å². The van der Waals surface area contributed by atoms with Crippen molar-refractivity contribution in [1.29, 1.82) is 0 Å². The number of thiocarbonyl (C=S) groups is 1. The molecule has 0 amide bonds. The third kappa shape index (κ3) is 3.87. The summed E-state index contributed by atoms with van der Waals surface area (Å²) in [5, 5.41) is 4.27. The lowest BCUT2D eigenvalue weighted by atomic mass is 9.95. The van der Waals surface area contributed by atoms with Crippen LogP contribution in [0.25, 0.3) is 0 Å². The topological polar surface area (TPSA) is 42.3 Å². The average molecular weight is 385 g/mol. The van der Waals surface area contributed by atoms with Gasteiger partial charge in [-0.1, -0.05) is 25.3 Å². The second-order valence-corrected chi connectivity index (χ2v) is 7.88. The molecule has 2 aromatic heterocycles. The Morgan fingerprint density at radius 2 is 2.07 bits per heavy atom. The Hall–Kier alpha value is -1.92. The van der Waals surface area contributed by atoms with Crippen LogP contribution in [-0.2, 0) is 4.74 Å². The molecular weight excluding hydrogens is 356 g/mol. The van der Waals surface area contributed by atoms with E-state index < -0.39 is 0 Å². The summed E-state index contributed by atoms with van der Waals surface area (Å²) in [6.45, 7) is 1.42. The standard InChI is InChI=1S/C21H28N4OS/c1-26-14-13-25-20(19(23-21(25)27)18-9-5-6-11-22-18)16-10-12-24(15-16)17-7-3-2-4-8-17/h5-6,9-12,15,17,19-20H,2-4,7-8,13-14H2,1H3,(H,23,27)/t19-,20+/m0/s1. The molecule has 0 radical (unpaired) electrons. The average Bonchev–Trinajstić information content (AvgIpc) is 3.32.